The van der Waals surface area contributed by atoms with Gasteiger partial charge in [-0.1, -0.05) is 44.2 Å². The first-order valence-electron chi connectivity index (χ1n) is 8.97. The van der Waals surface area contributed by atoms with Crippen molar-refractivity contribution in [2.75, 3.05) is 23.7 Å². The standard InChI is InChI=1S/C19H25N3O3S/c1-3-19(4-2)15-22(12-13-26(19,23)24)18-20-11-10-17(21-18)25-14-16-8-6-5-7-9-16/h5-11H,3-4,12-15H2,1-2H3. The molecular weight excluding hydrogens is 350 g/mol. The number of benzene rings is 1. The molecular formula is C19H25N3O3S. The van der Waals surface area contributed by atoms with Gasteiger partial charge in [0.25, 0.3) is 0 Å². The van der Waals surface area contributed by atoms with Crippen molar-refractivity contribution < 1.29 is 13.2 Å². The van der Waals surface area contributed by atoms with Crippen LogP contribution in [-0.4, -0.2) is 42.0 Å². The fourth-order valence-electron chi connectivity index (χ4n) is 3.35. The summed E-state index contributed by atoms with van der Waals surface area (Å²) in [6.45, 7) is 5.13. The number of hydrogen-bond donors (Lipinski definition) is 0. The van der Waals surface area contributed by atoms with E-state index < -0.39 is 14.6 Å². The summed E-state index contributed by atoms with van der Waals surface area (Å²) in [4.78, 5) is 10.8. The largest absolute Gasteiger partial charge is 0.473 e. The Morgan fingerprint density at radius 3 is 2.58 bits per heavy atom. The lowest BCUT2D eigenvalue weighted by molar-refractivity contribution is 0.293. The molecule has 0 amide bonds. The van der Waals surface area contributed by atoms with Gasteiger partial charge in [-0.05, 0) is 18.4 Å². The first kappa shape index (κ1) is 18.6. The second-order valence-electron chi connectivity index (χ2n) is 6.60. The van der Waals surface area contributed by atoms with Gasteiger partial charge in [-0.2, -0.15) is 4.98 Å². The highest BCUT2D eigenvalue weighted by Gasteiger charge is 2.45. The average Bonchev–Trinajstić information content (AvgIpc) is 2.67. The molecule has 1 fully saturated rings. The van der Waals surface area contributed by atoms with Gasteiger partial charge in [0.05, 0.1) is 10.5 Å². The fraction of sp³-hybridized carbons (Fsp3) is 0.474. The molecule has 1 aliphatic heterocycles. The number of sulfone groups is 1. The van der Waals surface area contributed by atoms with Crippen molar-refractivity contribution in [2.24, 2.45) is 0 Å². The first-order valence-corrected chi connectivity index (χ1v) is 10.6. The van der Waals surface area contributed by atoms with E-state index in [4.69, 9.17) is 4.74 Å². The number of anilines is 1. The van der Waals surface area contributed by atoms with Crippen LogP contribution in [0.15, 0.2) is 42.6 Å². The van der Waals surface area contributed by atoms with Gasteiger partial charge in [-0.3, -0.25) is 0 Å². The minimum atomic E-state index is -3.11. The predicted octanol–water partition coefficient (Wildman–Crippen LogP) is 2.85. The molecule has 1 aromatic heterocycles. The molecule has 6 nitrogen and oxygen atoms in total. The van der Waals surface area contributed by atoms with Gasteiger partial charge in [-0.15, -0.1) is 0 Å². The molecule has 1 saturated heterocycles. The fourth-order valence-corrected chi connectivity index (χ4v) is 5.48. The van der Waals surface area contributed by atoms with Crippen LogP contribution in [0.1, 0.15) is 32.3 Å². The summed E-state index contributed by atoms with van der Waals surface area (Å²) in [6.07, 6.45) is 2.84. The van der Waals surface area contributed by atoms with Crippen molar-refractivity contribution in [1.82, 2.24) is 9.97 Å². The van der Waals surface area contributed by atoms with Crippen LogP contribution < -0.4 is 9.64 Å². The Labute approximate surface area is 155 Å². The van der Waals surface area contributed by atoms with Crippen molar-refractivity contribution in [3.63, 3.8) is 0 Å². The van der Waals surface area contributed by atoms with Crippen molar-refractivity contribution in [3.8, 4) is 5.88 Å². The van der Waals surface area contributed by atoms with Crippen LogP contribution in [0.5, 0.6) is 5.88 Å². The van der Waals surface area contributed by atoms with Crippen LogP contribution >= 0.6 is 0 Å². The third-order valence-corrected chi connectivity index (χ3v) is 7.93. The number of rotatable bonds is 6. The van der Waals surface area contributed by atoms with Gasteiger partial charge in [-0.25, -0.2) is 13.4 Å². The Balaban J connectivity index is 1.75. The summed E-state index contributed by atoms with van der Waals surface area (Å²) in [6, 6.07) is 11.6. The number of nitrogens with zero attached hydrogens (tertiary/aromatic N) is 3. The van der Waals surface area contributed by atoms with Crippen LogP contribution in [0.25, 0.3) is 0 Å². The molecule has 2 heterocycles. The van der Waals surface area contributed by atoms with E-state index in [2.05, 4.69) is 9.97 Å². The highest BCUT2D eigenvalue weighted by molar-refractivity contribution is 7.92. The van der Waals surface area contributed by atoms with Crippen LogP contribution in [0, 0.1) is 0 Å². The molecule has 0 saturated carbocycles. The van der Waals surface area contributed by atoms with E-state index in [1.165, 1.54) is 0 Å². The Bertz CT molecular complexity index is 836. The van der Waals surface area contributed by atoms with E-state index in [9.17, 15) is 8.42 Å². The van der Waals surface area contributed by atoms with Gasteiger partial charge in [0.2, 0.25) is 11.8 Å². The monoisotopic (exact) mass is 375 g/mol. The topological polar surface area (TPSA) is 72.4 Å². The van der Waals surface area contributed by atoms with E-state index in [0.717, 1.165) is 5.56 Å². The van der Waals surface area contributed by atoms with E-state index in [1.54, 1.807) is 12.3 Å². The summed E-state index contributed by atoms with van der Waals surface area (Å²) in [5.74, 6) is 1.15. The van der Waals surface area contributed by atoms with Gasteiger partial charge < -0.3 is 9.64 Å². The summed E-state index contributed by atoms with van der Waals surface area (Å²) in [5, 5.41) is 0. The van der Waals surface area contributed by atoms with E-state index in [0.29, 0.717) is 44.4 Å². The molecule has 0 unspecified atom stereocenters. The molecule has 3 rings (SSSR count). The zero-order valence-corrected chi connectivity index (χ0v) is 16.1. The maximum absolute atomic E-state index is 12.6. The smallest absolute Gasteiger partial charge is 0.228 e. The quantitative estimate of drug-likeness (QED) is 0.773. The Morgan fingerprint density at radius 2 is 1.88 bits per heavy atom. The molecule has 1 aromatic carbocycles. The van der Waals surface area contributed by atoms with Crippen molar-refractivity contribution in [1.29, 1.82) is 0 Å². The molecule has 2 aromatic rings. The minimum absolute atomic E-state index is 0.132. The van der Waals surface area contributed by atoms with Crippen molar-refractivity contribution in [2.45, 2.75) is 38.0 Å². The van der Waals surface area contributed by atoms with Gasteiger partial charge in [0.1, 0.15) is 6.61 Å². The van der Waals surface area contributed by atoms with Crippen LogP contribution in [0.4, 0.5) is 5.95 Å². The third kappa shape index (κ3) is 3.67. The number of aromatic nitrogens is 2. The lowest BCUT2D eigenvalue weighted by atomic mass is 10.0. The summed E-state index contributed by atoms with van der Waals surface area (Å²) in [5.41, 5.74) is 1.06. The van der Waals surface area contributed by atoms with E-state index in [-0.39, 0.29) is 5.75 Å². The summed E-state index contributed by atoms with van der Waals surface area (Å²) < 4.78 is 30.2. The van der Waals surface area contributed by atoms with Crippen molar-refractivity contribution >= 4 is 15.8 Å². The molecule has 0 N–H and O–H groups in total. The molecule has 0 bridgehead atoms. The summed E-state index contributed by atoms with van der Waals surface area (Å²) >= 11 is 0. The lowest BCUT2D eigenvalue weighted by Gasteiger charge is -2.41. The second kappa shape index (κ2) is 7.61. The van der Waals surface area contributed by atoms with Gasteiger partial charge >= 0.3 is 0 Å². The third-order valence-electron chi connectivity index (χ3n) is 5.19. The van der Waals surface area contributed by atoms with Gasteiger partial charge in [0, 0.05) is 25.4 Å². The SMILES string of the molecule is CCC1(CC)CN(c2nccc(OCc3ccccc3)n2)CCS1(=O)=O. The first-order chi connectivity index (χ1) is 12.5. The maximum Gasteiger partial charge on any atom is 0.228 e. The van der Waals surface area contributed by atoms with Crippen LogP contribution in [0.3, 0.4) is 0 Å². The summed E-state index contributed by atoms with van der Waals surface area (Å²) in [7, 11) is -3.11. The highest BCUT2D eigenvalue weighted by Crippen LogP contribution is 2.33. The molecule has 26 heavy (non-hydrogen) atoms. The van der Waals surface area contributed by atoms with E-state index in [1.807, 2.05) is 49.1 Å². The zero-order valence-electron chi connectivity index (χ0n) is 15.3. The lowest BCUT2D eigenvalue weighted by Crippen LogP contribution is -2.56. The normalized spacial score (nSPS) is 18.5. The predicted molar refractivity (Wildman–Crippen MR) is 102 cm³/mol. The maximum atomic E-state index is 12.6. The molecule has 0 radical (unpaired) electrons. The molecule has 0 aliphatic carbocycles. The average molecular weight is 375 g/mol. The Hall–Kier alpha value is -2.15. The second-order valence-corrected chi connectivity index (χ2v) is 9.10. The van der Waals surface area contributed by atoms with Gasteiger partial charge in [0.15, 0.2) is 9.84 Å². The minimum Gasteiger partial charge on any atom is -0.473 e. The molecule has 0 spiro atoms. The zero-order chi connectivity index (χ0) is 18.6. The molecule has 140 valence electrons. The van der Waals surface area contributed by atoms with Crippen LogP contribution in [0.2, 0.25) is 0 Å². The van der Waals surface area contributed by atoms with E-state index >= 15 is 0 Å². The Morgan fingerprint density at radius 1 is 1.15 bits per heavy atom. The molecule has 0 atom stereocenters. The molecule has 1 aliphatic rings. The number of hydrogen-bond acceptors (Lipinski definition) is 6. The molecule has 7 heteroatoms. The highest BCUT2D eigenvalue weighted by atomic mass is 32.2. The Kier molecular flexibility index (Phi) is 5.46. The number of ether oxygens (including phenoxy) is 1. The van der Waals surface area contributed by atoms with Crippen molar-refractivity contribution in [3.05, 3.63) is 48.2 Å². The van der Waals surface area contributed by atoms with Crippen LogP contribution in [-0.2, 0) is 16.4 Å².